The van der Waals surface area contributed by atoms with Crippen LogP contribution in [0.15, 0.2) is 18.2 Å². The van der Waals surface area contributed by atoms with Gasteiger partial charge in [-0.2, -0.15) is 5.48 Å². The summed E-state index contributed by atoms with van der Waals surface area (Å²) in [5.41, 5.74) is 2.77. The summed E-state index contributed by atoms with van der Waals surface area (Å²) in [4.78, 5) is 12.1. The van der Waals surface area contributed by atoms with Gasteiger partial charge in [-0.15, -0.1) is 0 Å². The van der Waals surface area contributed by atoms with E-state index in [1.807, 2.05) is 0 Å². The molecule has 1 aliphatic carbocycles. The standard InChI is InChI=1S/C14H19Cl2N5O2/c15-9-4-3-8(5-10(9)16)17-14(22)20-13-18-11(7-1-2-7)6-12(19-13)21-23/h3-5,7,11-13,18-19,21,23H,1-2,6H2,(H2,17,20,22). The molecule has 126 valence electrons. The fraction of sp³-hybridized carbons (Fsp3) is 0.500. The SMILES string of the molecule is O=C(Nc1ccc(Cl)c(Cl)c1)NC1NC(NO)CC(C2CC2)N1. The van der Waals surface area contributed by atoms with Gasteiger partial charge in [0, 0.05) is 11.7 Å². The third-order valence-corrected chi connectivity index (χ3v) is 4.78. The smallest absolute Gasteiger partial charge is 0.315 e. The maximum Gasteiger partial charge on any atom is 0.321 e. The van der Waals surface area contributed by atoms with Crippen molar-refractivity contribution >= 4 is 34.9 Å². The molecule has 1 aromatic rings. The summed E-state index contributed by atoms with van der Waals surface area (Å²) in [6.07, 6.45) is 2.41. The molecule has 1 saturated heterocycles. The minimum atomic E-state index is -0.443. The summed E-state index contributed by atoms with van der Waals surface area (Å²) in [6.45, 7) is 0. The summed E-state index contributed by atoms with van der Waals surface area (Å²) in [5, 5.41) is 21.8. The minimum absolute atomic E-state index is 0.260. The van der Waals surface area contributed by atoms with Gasteiger partial charge in [0.05, 0.1) is 16.2 Å². The van der Waals surface area contributed by atoms with Crippen molar-refractivity contribution in [2.24, 2.45) is 5.92 Å². The van der Waals surface area contributed by atoms with Gasteiger partial charge in [0.15, 0.2) is 0 Å². The Hall–Kier alpha value is -1.09. The topological polar surface area (TPSA) is 97.5 Å². The van der Waals surface area contributed by atoms with Gasteiger partial charge >= 0.3 is 6.03 Å². The van der Waals surface area contributed by atoms with E-state index < -0.39 is 6.29 Å². The fourth-order valence-electron chi connectivity index (χ4n) is 2.73. The van der Waals surface area contributed by atoms with Crippen LogP contribution in [0.3, 0.4) is 0 Å². The molecule has 0 radical (unpaired) electrons. The first-order chi connectivity index (χ1) is 11.0. The molecule has 1 saturated carbocycles. The van der Waals surface area contributed by atoms with Crippen LogP contribution >= 0.6 is 23.2 Å². The van der Waals surface area contributed by atoms with Crippen molar-refractivity contribution in [2.45, 2.75) is 37.8 Å². The highest BCUT2D eigenvalue weighted by atomic mass is 35.5. The van der Waals surface area contributed by atoms with Gasteiger partial charge < -0.3 is 15.8 Å². The number of hydrogen-bond donors (Lipinski definition) is 6. The zero-order valence-electron chi connectivity index (χ0n) is 12.3. The maximum atomic E-state index is 12.1. The van der Waals surface area contributed by atoms with E-state index in [1.54, 1.807) is 18.2 Å². The summed E-state index contributed by atoms with van der Waals surface area (Å²) in [7, 11) is 0. The fourth-order valence-corrected chi connectivity index (χ4v) is 3.02. The number of urea groups is 1. The minimum Gasteiger partial charge on any atom is -0.315 e. The second-order valence-electron chi connectivity index (χ2n) is 5.86. The maximum absolute atomic E-state index is 12.1. The molecule has 0 bridgehead atoms. The monoisotopic (exact) mass is 359 g/mol. The lowest BCUT2D eigenvalue weighted by Gasteiger charge is -2.37. The van der Waals surface area contributed by atoms with Crippen molar-refractivity contribution in [3.05, 3.63) is 28.2 Å². The second-order valence-corrected chi connectivity index (χ2v) is 6.67. The number of hydroxylamine groups is 1. The van der Waals surface area contributed by atoms with Crippen LogP contribution < -0.4 is 26.7 Å². The molecule has 23 heavy (non-hydrogen) atoms. The van der Waals surface area contributed by atoms with Gasteiger partial charge in [0.1, 0.15) is 6.29 Å². The number of carbonyl (C=O) groups is 1. The molecule has 2 amide bonds. The van der Waals surface area contributed by atoms with Crippen LogP contribution in [0.2, 0.25) is 10.0 Å². The highest BCUT2D eigenvalue weighted by Crippen LogP contribution is 2.35. The summed E-state index contributed by atoms with van der Waals surface area (Å²) < 4.78 is 0. The van der Waals surface area contributed by atoms with E-state index in [0.29, 0.717) is 21.7 Å². The lowest BCUT2D eigenvalue weighted by Crippen LogP contribution is -2.68. The number of benzene rings is 1. The van der Waals surface area contributed by atoms with Crippen molar-refractivity contribution in [1.82, 2.24) is 21.4 Å². The van der Waals surface area contributed by atoms with E-state index in [4.69, 9.17) is 28.4 Å². The first-order valence-electron chi connectivity index (χ1n) is 7.49. The number of anilines is 1. The van der Waals surface area contributed by atoms with E-state index in [-0.39, 0.29) is 18.2 Å². The molecule has 9 heteroatoms. The number of hydrogen-bond acceptors (Lipinski definition) is 5. The Balaban J connectivity index is 1.56. The van der Waals surface area contributed by atoms with Crippen LogP contribution in [-0.2, 0) is 0 Å². The molecule has 3 atom stereocenters. The molecule has 7 nitrogen and oxygen atoms in total. The van der Waals surface area contributed by atoms with E-state index in [9.17, 15) is 4.79 Å². The molecule has 2 aliphatic rings. The largest absolute Gasteiger partial charge is 0.321 e. The number of nitrogens with one attached hydrogen (secondary N) is 5. The number of carbonyl (C=O) groups excluding carboxylic acids is 1. The second kappa shape index (κ2) is 7.21. The normalized spacial score (nSPS) is 27.5. The van der Waals surface area contributed by atoms with Crippen LogP contribution in [0.5, 0.6) is 0 Å². The molecule has 3 unspecified atom stereocenters. The van der Waals surface area contributed by atoms with Crippen LogP contribution in [0.25, 0.3) is 0 Å². The Bertz CT molecular complexity index is 584. The predicted molar refractivity (Wildman–Crippen MR) is 88.5 cm³/mol. The van der Waals surface area contributed by atoms with Crippen molar-refractivity contribution in [1.29, 1.82) is 0 Å². The number of halogens is 2. The zero-order chi connectivity index (χ0) is 16.4. The van der Waals surface area contributed by atoms with Gasteiger partial charge in [-0.1, -0.05) is 23.2 Å². The Morgan fingerprint density at radius 1 is 1.22 bits per heavy atom. The van der Waals surface area contributed by atoms with Crippen molar-refractivity contribution < 1.29 is 10.0 Å². The summed E-state index contributed by atoms with van der Waals surface area (Å²) >= 11 is 11.8. The molecule has 0 aromatic heterocycles. The van der Waals surface area contributed by atoms with Gasteiger partial charge in [-0.25, -0.2) is 4.79 Å². The highest BCUT2D eigenvalue weighted by molar-refractivity contribution is 6.42. The predicted octanol–water partition coefficient (Wildman–Crippen LogP) is 2.06. The number of amides is 2. The van der Waals surface area contributed by atoms with Crippen LogP contribution in [0.1, 0.15) is 19.3 Å². The quantitative estimate of drug-likeness (QED) is 0.462. The molecular formula is C14H19Cl2N5O2. The third kappa shape index (κ3) is 4.47. The molecule has 1 aromatic carbocycles. The Morgan fingerprint density at radius 2 is 2.00 bits per heavy atom. The zero-order valence-corrected chi connectivity index (χ0v) is 13.8. The van der Waals surface area contributed by atoms with Crippen LogP contribution in [0.4, 0.5) is 10.5 Å². The lowest BCUT2D eigenvalue weighted by molar-refractivity contribution is 0.0612. The van der Waals surface area contributed by atoms with Gasteiger partial charge in [0.25, 0.3) is 0 Å². The lowest BCUT2D eigenvalue weighted by atomic mass is 10.1. The molecular weight excluding hydrogens is 341 g/mol. The van der Waals surface area contributed by atoms with Crippen molar-refractivity contribution in [2.75, 3.05) is 5.32 Å². The Kier molecular flexibility index (Phi) is 5.25. The van der Waals surface area contributed by atoms with E-state index in [1.165, 1.54) is 12.8 Å². The third-order valence-electron chi connectivity index (χ3n) is 4.04. The molecule has 6 N–H and O–H groups in total. The number of rotatable bonds is 4. The summed E-state index contributed by atoms with van der Waals surface area (Å²) in [5.74, 6) is 0.607. The first-order valence-corrected chi connectivity index (χ1v) is 8.25. The van der Waals surface area contributed by atoms with Gasteiger partial charge in [0.2, 0.25) is 0 Å². The molecule has 1 heterocycles. The molecule has 3 rings (SSSR count). The average Bonchev–Trinajstić information content (AvgIpc) is 3.35. The molecule has 0 spiro atoms. The molecule has 2 fully saturated rings. The van der Waals surface area contributed by atoms with Gasteiger partial charge in [-0.05, 0) is 43.4 Å². The summed E-state index contributed by atoms with van der Waals surface area (Å²) in [6, 6.07) is 4.74. The Morgan fingerprint density at radius 3 is 2.65 bits per heavy atom. The van der Waals surface area contributed by atoms with E-state index in [0.717, 1.165) is 6.42 Å². The van der Waals surface area contributed by atoms with E-state index in [2.05, 4.69) is 26.7 Å². The van der Waals surface area contributed by atoms with E-state index >= 15 is 0 Å². The van der Waals surface area contributed by atoms with Gasteiger partial charge in [-0.3, -0.25) is 10.6 Å². The molecule has 1 aliphatic heterocycles. The van der Waals surface area contributed by atoms with Crippen molar-refractivity contribution in [3.63, 3.8) is 0 Å². The first kappa shape index (κ1) is 16.8. The van der Waals surface area contributed by atoms with Crippen LogP contribution in [-0.4, -0.2) is 29.7 Å². The average molecular weight is 360 g/mol. The van der Waals surface area contributed by atoms with Crippen molar-refractivity contribution in [3.8, 4) is 0 Å². The Labute approximate surface area is 144 Å². The highest BCUT2D eigenvalue weighted by Gasteiger charge is 2.37. The van der Waals surface area contributed by atoms with Crippen LogP contribution in [0, 0.1) is 5.92 Å².